The molecule has 0 atom stereocenters. The van der Waals surface area contributed by atoms with Crippen LogP contribution in [0.1, 0.15) is 30.1 Å². The van der Waals surface area contributed by atoms with Crippen LogP contribution in [-0.2, 0) is 0 Å². The SMILES string of the molecule is Cc1cc(C2CC2)nc(NCCO)n1. The minimum Gasteiger partial charge on any atom is -0.395 e. The van der Waals surface area contributed by atoms with E-state index >= 15 is 0 Å². The lowest BCUT2D eigenvalue weighted by Gasteiger charge is -2.05. The Morgan fingerprint density at radius 1 is 1.50 bits per heavy atom. The van der Waals surface area contributed by atoms with Crippen molar-refractivity contribution in [3.63, 3.8) is 0 Å². The van der Waals surface area contributed by atoms with Gasteiger partial charge in [0.15, 0.2) is 0 Å². The number of aryl methyl sites for hydroxylation is 1. The Hall–Kier alpha value is -1.16. The monoisotopic (exact) mass is 193 g/mol. The third kappa shape index (κ3) is 2.20. The lowest BCUT2D eigenvalue weighted by atomic mass is 10.2. The van der Waals surface area contributed by atoms with Crippen molar-refractivity contribution in [2.45, 2.75) is 25.7 Å². The van der Waals surface area contributed by atoms with Crippen molar-refractivity contribution in [3.05, 3.63) is 17.5 Å². The molecule has 1 aromatic heterocycles. The molecule has 0 aliphatic heterocycles. The van der Waals surface area contributed by atoms with Gasteiger partial charge in [0.1, 0.15) is 0 Å². The lowest BCUT2D eigenvalue weighted by molar-refractivity contribution is 0.310. The molecule has 2 N–H and O–H groups in total. The lowest BCUT2D eigenvalue weighted by Crippen LogP contribution is -2.10. The zero-order chi connectivity index (χ0) is 9.97. The second-order valence-electron chi connectivity index (χ2n) is 3.68. The Morgan fingerprint density at radius 3 is 2.93 bits per heavy atom. The minimum atomic E-state index is 0.107. The maximum Gasteiger partial charge on any atom is 0.223 e. The first-order chi connectivity index (χ1) is 6.79. The molecule has 0 amide bonds. The summed E-state index contributed by atoms with van der Waals surface area (Å²) in [7, 11) is 0. The molecule has 14 heavy (non-hydrogen) atoms. The van der Waals surface area contributed by atoms with Crippen molar-refractivity contribution in [1.82, 2.24) is 9.97 Å². The first-order valence-corrected chi connectivity index (χ1v) is 5.00. The summed E-state index contributed by atoms with van der Waals surface area (Å²) in [5.74, 6) is 1.28. The molecule has 0 radical (unpaired) electrons. The maximum atomic E-state index is 8.67. The Bertz CT molecular complexity index is 323. The molecule has 1 saturated carbocycles. The topological polar surface area (TPSA) is 58.0 Å². The summed E-state index contributed by atoms with van der Waals surface area (Å²) in [5.41, 5.74) is 2.13. The van der Waals surface area contributed by atoms with E-state index < -0.39 is 0 Å². The van der Waals surface area contributed by atoms with E-state index in [9.17, 15) is 0 Å². The van der Waals surface area contributed by atoms with Gasteiger partial charge in [0, 0.05) is 23.9 Å². The van der Waals surface area contributed by atoms with Crippen molar-refractivity contribution >= 4 is 5.95 Å². The number of hydrogen-bond acceptors (Lipinski definition) is 4. The van der Waals surface area contributed by atoms with Crippen LogP contribution in [0.5, 0.6) is 0 Å². The zero-order valence-electron chi connectivity index (χ0n) is 8.32. The van der Waals surface area contributed by atoms with Crippen LogP contribution in [0.3, 0.4) is 0 Å². The predicted molar refractivity (Wildman–Crippen MR) is 54.3 cm³/mol. The van der Waals surface area contributed by atoms with E-state index in [-0.39, 0.29) is 6.61 Å². The second-order valence-corrected chi connectivity index (χ2v) is 3.68. The summed E-state index contributed by atoms with van der Waals surface area (Å²) in [6.45, 7) is 2.58. The first kappa shape index (κ1) is 9.40. The van der Waals surface area contributed by atoms with Gasteiger partial charge in [0.25, 0.3) is 0 Å². The van der Waals surface area contributed by atoms with Gasteiger partial charge in [0.05, 0.1) is 6.61 Å². The minimum absolute atomic E-state index is 0.107. The van der Waals surface area contributed by atoms with Gasteiger partial charge in [0.2, 0.25) is 5.95 Å². The van der Waals surface area contributed by atoms with E-state index in [0.29, 0.717) is 18.4 Å². The number of rotatable bonds is 4. The molecule has 1 fully saturated rings. The van der Waals surface area contributed by atoms with Crippen LogP contribution in [0.15, 0.2) is 6.07 Å². The van der Waals surface area contributed by atoms with E-state index in [2.05, 4.69) is 15.3 Å². The molecule has 0 saturated heterocycles. The molecule has 2 rings (SSSR count). The van der Waals surface area contributed by atoms with Crippen LogP contribution in [-0.4, -0.2) is 28.2 Å². The number of hydrogen-bond donors (Lipinski definition) is 2. The number of aliphatic hydroxyl groups is 1. The molecule has 76 valence electrons. The van der Waals surface area contributed by atoms with Crippen LogP contribution in [0, 0.1) is 6.92 Å². The zero-order valence-corrected chi connectivity index (χ0v) is 8.32. The van der Waals surface area contributed by atoms with Gasteiger partial charge in [-0.3, -0.25) is 0 Å². The summed E-state index contributed by atoms with van der Waals surface area (Å²) in [5, 5.41) is 11.7. The summed E-state index contributed by atoms with van der Waals surface area (Å²) in [6, 6.07) is 2.04. The van der Waals surface area contributed by atoms with Crippen molar-refractivity contribution in [2.75, 3.05) is 18.5 Å². The predicted octanol–water partition coefficient (Wildman–Crippen LogP) is 1.07. The molecule has 4 nitrogen and oxygen atoms in total. The highest BCUT2D eigenvalue weighted by molar-refractivity contribution is 5.30. The van der Waals surface area contributed by atoms with Gasteiger partial charge in [-0.25, -0.2) is 9.97 Å². The van der Waals surface area contributed by atoms with Gasteiger partial charge >= 0.3 is 0 Å². The van der Waals surface area contributed by atoms with Crippen LogP contribution >= 0.6 is 0 Å². The van der Waals surface area contributed by atoms with Crippen molar-refractivity contribution < 1.29 is 5.11 Å². The Balaban J connectivity index is 2.13. The highest BCUT2D eigenvalue weighted by Crippen LogP contribution is 2.39. The van der Waals surface area contributed by atoms with E-state index in [1.54, 1.807) is 0 Å². The van der Waals surface area contributed by atoms with E-state index in [4.69, 9.17) is 5.11 Å². The number of anilines is 1. The summed E-state index contributed by atoms with van der Waals surface area (Å²) < 4.78 is 0. The molecule has 0 spiro atoms. The largest absolute Gasteiger partial charge is 0.395 e. The number of nitrogens with one attached hydrogen (secondary N) is 1. The quantitative estimate of drug-likeness (QED) is 0.751. The Labute approximate surface area is 83.4 Å². The Morgan fingerprint density at radius 2 is 2.29 bits per heavy atom. The molecule has 1 aromatic rings. The summed E-state index contributed by atoms with van der Waals surface area (Å²) in [6.07, 6.45) is 2.49. The molecule has 0 bridgehead atoms. The van der Waals surface area contributed by atoms with Crippen LogP contribution in [0.2, 0.25) is 0 Å². The fourth-order valence-electron chi connectivity index (χ4n) is 1.43. The average Bonchev–Trinajstić information content (AvgIpc) is 2.97. The van der Waals surface area contributed by atoms with Crippen LogP contribution in [0.4, 0.5) is 5.95 Å². The van der Waals surface area contributed by atoms with Gasteiger partial charge in [-0.2, -0.15) is 0 Å². The molecule has 1 aliphatic carbocycles. The highest BCUT2D eigenvalue weighted by atomic mass is 16.3. The number of aromatic nitrogens is 2. The molecule has 1 heterocycles. The molecular formula is C10H15N3O. The number of aliphatic hydroxyl groups excluding tert-OH is 1. The van der Waals surface area contributed by atoms with Gasteiger partial charge in [-0.05, 0) is 25.8 Å². The summed E-state index contributed by atoms with van der Waals surface area (Å²) in [4.78, 5) is 8.65. The molecule has 0 unspecified atom stereocenters. The smallest absolute Gasteiger partial charge is 0.223 e. The van der Waals surface area contributed by atoms with Crippen molar-refractivity contribution in [3.8, 4) is 0 Å². The fourth-order valence-corrected chi connectivity index (χ4v) is 1.43. The van der Waals surface area contributed by atoms with Gasteiger partial charge < -0.3 is 10.4 Å². The third-order valence-corrected chi connectivity index (χ3v) is 2.26. The van der Waals surface area contributed by atoms with Crippen molar-refractivity contribution in [2.24, 2.45) is 0 Å². The van der Waals surface area contributed by atoms with Gasteiger partial charge in [-0.1, -0.05) is 0 Å². The standard InChI is InChI=1S/C10H15N3O/c1-7-6-9(8-2-3-8)13-10(12-7)11-4-5-14/h6,8,14H,2-5H2,1H3,(H,11,12,13). The maximum absolute atomic E-state index is 8.67. The van der Waals surface area contributed by atoms with E-state index in [0.717, 1.165) is 11.4 Å². The van der Waals surface area contributed by atoms with Crippen LogP contribution in [0.25, 0.3) is 0 Å². The van der Waals surface area contributed by atoms with Crippen LogP contribution < -0.4 is 5.32 Å². The molecule has 1 aliphatic rings. The third-order valence-electron chi connectivity index (χ3n) is 2.26. The second kappa shape index (κ2) is 3.92. The highest BCUT2D eigenvalue weighted by Gasteiger charge is 2.25. The summed E-state index contributed by atoms with van der Waals surface area (Å²) >= 11 is 0. The molecular weight excluding hydrogens is 178 g/mol. The molecule has 4 heteroatoms. The Kier molecular flexibility index (Phi) is 2.63. The fraction of sp³-hybridized carbons (Fsp3) is 0.600. The molecule has 0 aromatic carbocycles. The van der Waals surface area contributed by atoms with Gasteiger partial charge in [-0.15, -0.1) is 0 Å². The first-order valence-electron chi connectivity index (χ1n) is 5.00. The van der Waals surface area contributed by atoms with Crippen molar-refractivity contribution in [1.29, 1.82) is 0 Å². The number of nitrogens with zero attached hydrogens (tertiary/aromatic N) is 2. The van der Waals surface area contributed by atoms with E-state index in [1.807, 2.05) is 13.0 Å². The van der Waals surface area contributed by atoms with E-state index in [1.165, 1.54) is 12.8 Å². The normalized spacial score (nSPS) is 15.6. The average molecular weight is 193 g/mol.